The van der Waals surface area contributed by atoms with Gasteiger partial charge in [-0.3, -0.25) is 14.9 Å². The van der Waals surface area contributed by atoms with E-state index in [1.165, 1.54) is 24.3 Å². The number of halogens is 1. The van der Waals surface area contributed by atoms with Crippen LogP contribution in [0.25, 0.3) is 0 Å². The Morgan fingerprint density at radius 1 is 1.03 bits per heavy atom. The van der Waals surface area contributed by atoms with Crippen molar-refractivity contribution in [3.8, 4) is 0 Å². The molecule has 0 saturated carbocycles. The van der Waals surface area contributed by atoms with Crippen LogP contribution in [-0.4, -0.2) is 29.8 Å². The molecule has 2 heterocycles. The van der Waals surface area contributed by atoms with Gasteiger partial charge in [0.2, 0.25) is 0 Å². The molecular weight excluding hydrogens is 369 g/mol. The Kier molecular flexibility index (Phi) is 3.96. The van der Waals surface area contributed by atoms with Gasteiger partial charge in [-0.1, -0.05) is 30.3 Å². The van der Waals surface area contributed by atoms with E-state index in [0.29, 0.717) is 29.9 Å². The molecule has 3 aromatic carbocycles. The first kappa shape index (κ1) is 17.6. The number of amides is 2. The highest BCUT2D eigenvalue weighted by atomic mass is 19.1. The normalized spacial score (nSPS) is 19.8. The zero-order valence-electron chi connectivity index (χ0n) is 15.5. The van der Waals surface area contributed by atoms with Gasteiger partial charge in [-0.25, -0.2) is 4.39 Å². The Morgan fingerprint density at radius 2 is 1.83 bits per heavy atom. The largest absolute Gasteiger partial charge is 0.322 e. The van der Waals surface area contributed by atoms with Gasteiger partial charge in [0.15, 0.2) is 0 Å². The summed E-state index contributed by atoms with van der Waals surface area (Å²) >= 11 is 0. The molecule has 144 valence electrons. The fourth-order valence-electron chi connectivity index (χ4n) is 4.28. The first-order valence-electron chi connectivity index (χ1n) is 9.43. The number of carbonyl (C=O) groups excluding carboxylic acids is 2. The summed E-state index contributed by atoms with van der Waals surface area (Å²) in [5.41, 5.74) is 2.74. The van der Waals surface area contributed by atoms with E-state index in [0.717, 1.165) is 11.1 Å². The molecular formula is C23H18FN3O2. The standard InChI is InChI=1S/C23H18FN3O2/c24-17-10-8-15(9-11-17)21(28)26-18-5-3-4-16(14-18)23-20-7-2-1-6-19(20)22(29)27(23)13-12-25-23/h1-11,14,25H,12-13H2,(H,26,28). The lowest BCUT2D eigenvalue weighted by Crippen LogP contribution is -2.46. The van der Waals surface area contributed by atoms with Gasteiger partial charge < -0.3 is 10.2 Å². The van der Waals surface area contributed by atoms with E-state index in [9.17, 15) is 14.0 Å². The number of nitrogens with zero attached hydrogens (tertiary/aromatic N) is 1. The van der Waals surface area contributed by atoms with Crippen molar-refractivity contribution in [2.45, 2.75) is 5.66 Å². The third-order valence-electron chi connectivity index (χ3n) is 5.56. The maximum atomic E-state index is 13.1. The number of nitrogens with one attached hydrogen (secondary N) is 2. The zero-order valence-corrected chi connectivity index (χ0v) is 15.5. The Balaban J connectivity index is 1.52. The molecule has 29 heavy (non-hydrogen) atoms. The predicted octanol–water partition coefficient (Wildman–Crippen LogP) is 3.34. The summed E-state index contributed by atoms with van der Waals surface area (Å²) in [7, 11) is 0. The van der Waals surface area contributed by atoms with E-state index in [1.54, 1.807) is 6.07 Å². The van der Waals surface area contributed by atoms with Gasteiger partial charge in [0, 0.05) is 35.5 Å². The van der Waals surface area contributed by atoms with Crippen molar-refractivity contribution < 1.29 is 14.0 Å². The molecule has 1 fully saturated rings. The molecule has 0 aliphatic carbocycles. The molecule has 3 aromatic rings. The maximum Gasteiger partial charge on any atom is 0.256 e. The summed E-state index contributed by atoms with van der Waals surface area (Å²) in [5, 5.41) is 6.36. The highest BCUT2D eigenvalue weighted by Gasteiger charge is 2.53. The number of anilines is 1. The van der Waals surface area contributed by atoms with Crippen LogP contribution in [0.4, 0.5) is 10.1 Å². The third-order valence-corrected chi connectivity index (χ3v) is 5.56. The molecule has 2 N–H and O–H groups in total. The number of benzene rings is 3. The monoisotopic (exact) mass is 387 g/mol. The minimum absolute atomic E-state index is 0.00588. The van der Waals surface area contributed by atoms with Gasteiger partial charge in [-0.2, -0.15) is 0 Å². The minimum atomic E-state index is -0.732. The second-order valence-electron chi connectivity index (χ2n) is 7.18. The molecule has 0 radical (unpaired) electrons. The van der Waals surface area contributed by atoms with E-state index >= 15 is 0 Å². The number of hydrogen-bond acceptors (Lipinski definition) is 3. The van der Waals surface area contributed by atoms with E-state index < -0.39 is 5.66 Å². The Labute approximate surface area is 167 Å². The summed E-state index contributed by atoms with van der Waals surface area (Å²) in [4.78, 5) is 27.3. The first-order valence-corrected chi connectivity index (χ1v) is 9.43. The lowest BCUT2D eigenvalue weighted by molar-refractivity contribution is 0.0694. The van der Waals surface area contributed by atoms with Gasteiger partial charge in [0.05, 0.1) is 0 Å². The average Bonchev–Trinajstić information content (AvgIpc) is 3.28. The molecule has 0 spiro atoms. The molecule has 1 unspecified atom stereocenters. The fraction of sp³-hybridized carbons (Fsp3) is 0.130. The highest BCUT2D eigenvalue weighted by molar-refractivity contribution is 6.04. The lowest BCUT2D eigenvalue weighted by Gasteiger charge is -2.33. The van der Waals surface area contributed by atoms with Gasteiger partial charge in [0.1, 0.15) is 11.5 Å². The minimum Gasteiger partial charge on any atom is -0.322 e. The van der Waals surface area contributed by atoms with Crippen LogP contribution in [0.3, 0.4) is 0 Å². The van der Waals surface area contributed by atoms with Crippen molar-refractivity contribution in [2.24, 2.45) is 0 Å². The summed E-state index contributed by atoms with van der Waals surface area (Å²) in [6, 6.07) is 20.5. The van der Waals surface area contributed by atoms with Crippen LogP contribution in [0.15, 0.2) is 72.8 Å². The Hall–Kier alpha value is -3.51. The van der Waals surface area contributed by atoms with Crippen molar-refractivity contribution in [1.82, 2.24) is 10.2 Å². The van der Waals surface area contributed by atoms with Crippen LogP contribution >= 0.6 is 0 Å². The van der Waals surface area contributed by atoms with Gasteiger partial charge in [-0.05, 0) is 48.0 Å². The first-order chi connectivity index (χ1) is 14.1. The maximum absolute atomic E-state index is 13.1. The van der Waals surface area contributed by atoms with Gasteiger partial charge in [-0.15, -0.1) is 0 Å². The summed E-state index contributed by atoms with van der Waals surface area (Å²) < 4.78 is 13.1. The molecule has 0 aromatic heterocycles. The Morgan fingerprint density at radius 3 is 2.66 bits per heavy atom. The van der Waals surface area contributed by atoms with E-state index in [-0.39, 0.29) is 17.6 Å². The second kappa shape index (κ2) is 6.53. The van der Waals surface area contributed by atoms with E-state index in [4.69, 9.17) is 0 Å². The molecule has 1 atom stereocenters. The molecule has 5 nitrogen and oxygen atoms in total. The number of hydrogen-bond donors (Lipinski definition) is 2. The summed E-state index contributed by atoms with van der Waals surface area (Å²) in [6.45, 7) is 1.30. The van der Waals surface area contributed by atoms with Gasteiger partial charge >= 0.3 is 0 Å². The van der Waals surface area contributed by atoms with Crippen LogP contribution in [0.2, 0.25) is 0 Å². The highest BCUT2D eigenvalue weighted by Crippen LogP contribution is 2.44. The third kappa shape index (κ3) is 2.64. The molecule has 0 bridgehead atoms. The molecule has 2 aliphatic heterocycles. The smallest absolute Gasteiger partial charge is 0.256 e. The summed E-state index contributed by atoms with van der Waals surface area (Å²) in [5.74, 6) is -0.704. The van der Waals surface area contributed by atoms with Crippen LogP contribution < -0.4 is 10.6 Å². The number of carbonyl (C=O) groups is 2. The van der Waals surface area contributed by atoms with Gasteiger partial charge in [0.25, 0.3) is 11.8 Å². The zero-order chi connectivity index (χ0) is 20.0. The van der Waals surface area contributed by atoms with Crippen molar-refractivity contribution in [3.05, 3.63) is 101 Å². The van der Waals surface area contributed by atoms with Crippen LogP contribution in [0.1, 0.15) is 31.8 Å². The SMILES string of the molecule is O=C(Nc1cccc(C23NCCN2C(=O)c2ccccc23)c1)c1ccc(F)cc1. The molecule has 6 heteroatoms. The van der Waals surface area contributed by atoms with E-state index in [1.807, 2.05) is 47.4 Å². The number of fused-ring (bicyclic) bond motifs is 3. The quantitative estimate of drug-likeness (QED) is 0.725. The number of rotatable bonds is 3. The van der Waals surface area contributed by atoms with Crippen molar-refractivity contribution in [1.29, 1.82) is 0 Å². The van der Waals surface area contributed by atoms with Crippen molar-refractivity contribution >= 4 is 17.5 Å². The lowest BCUT2D eigenvalue weighted by atomic mass is 9.91. The van der Waals surface area contributed by atoms with Crippen molar-refractivity contribution in [3.63, 3.8) is 0 Å². The molecule has 1 saturated heterocycles. The fourth-order valence-corrected chi connectivity index (χ4v) is 4.28. The summed E-state index contributed by atoms with van der Waals surface area (Å²) in [6.07, 6.45) is 0. The average molecular weight is 387 g/mol. The Bertz CT molecular complexity index is 1130. The van der Waals surface area contributed by atoms with Crippen LogP contribution in [0.5, 0.6) is 0 Å². The predicted molar refractivity (Wildman–Crippen MR) is 107 cm³/mol. The van der Waals surface area contributed by atoms with Crippen LogP contribution in [0, 0.1) is 5.82 Å². The molecule has 2 amide bonds. The topological polar surface area (TPSA) is 61.4 Å². The van der Waals surface area contributed by atoms with Crippen molar-refractivity contribution in [2.75, 3.05) is 18.4 Å². The molecule has 2 aliphatic rings. The molecule has 5 rings (SSSR count). The van der Waals surface area contributed by atoms with E-state index in [2.05, 4.69) is 10.6 Å². The second-order valence-corrected chi connectivity index (χ2v) is 7.18. The van der Waals surface area contributed by atoms with Crippen LogP contribution in [-0.2, 0) is 5.66 Å².